The van der Waals surface area contributed by atoms with Crippen molar-refractivity contribution in [2.24, 2.45) is 5.92 Å². The van der Waals surface area contributed by atoms with E-state index in [9.17, 15) is 13.2 Å². The summed E-state index contributed by atoms with van der Waals surface area (Å²) in [5, 5.41) is 0. The first-order valence-corrected chi connectivity index (χ1v) is 10.9. The number of carbonyl (C=O) groups excluding carboxylic acids is 1. The summed E-state index contributed by atoms with van der Waals surface area (Å²) in [5.41, 5.74) is 4.14. The van der Waals surface area contributed by atoms with Gasteiger partial charge in [0, 0.05) is 12.6 Å². The maximum atomic E-state index is 13.0. The smallest absolute Gasteiger partial charge is 0.242 e. The second kappa shape index (κ2) is 7.02. The van der Waals surface area contributed by atoms with Crippen molar-refractivity contribution < 1.29 is 13.2 Å². The summed E-state index contributed by atoms with van der Waals surface area (Å²) >= 11 is 0. The molecule has 1 saturated heterocycles. The van der Waals surface area contributed by atoms with Crippen LogP contribution in [0.15, 0.2) is 18.5 Å². The lowest BCUT2D eigenvalue weighted by Gasteiger charge is -2.30. The summed E-state index contributed by atoms with van der Waals surface area (Å²) in [5.74, 6) is 0.491. The molecule has 1 atom stereocenters. The summed E-state index contributed by atoms with van der Waals surface area (Å²) in [4.78, 5) is 19.2. The lowest BCUT2D eigenvalue weighted by molar-refractivity contribution is -0.134. The van der Waals surface area contributed by atoms with Crippen LogP contribution in [0.1, 0.15) is 31.4 Å². The predicted molar refractivity (Wildman–Crippen MR) is 103 cm³/mol. The van der Waals surface area contributed by atoms with Gasteiger partial charge in [0.05, 0.1) is 28.9 Å². The van der Waals surface area contributed by atoms with Gasteiger partial charge in [0.15, 0.2) is 9.84 Å². The van der Waals surface area contributed by atoms with E-state index in [1.165, 1.54) is 5.56 Å². The average molecular weight is 378 g/mol. The third-order valence-electron chi connectivity index (χ3n) is 5.07. The molecule has 0 aliphatic carbocycles. The molecule has 142 valence electrons. The van der Waals surface area contributed by atoms with Crippen molar-refractivity contribution in [1.29, 1.82) is 0 Å². The number of imidazole rings is 1. The van der Waals surface area contributed by atoms with Crippen molar-refractivity contribution in [3.05, 3.63) is 29.6 Å². The molecular weight excluding hydrogens is 350 g/mol. The second-order valence-corrected chi connectivity index (χ2v) is 10.0. The Kier molecular flexibility index (Phi) is 5.10. The Morgan fingerprint density at radius 2 is 2.00 bits per heavy atom. The number of aromatic nitrogens is 2. The Balaban J connectivity index is 1.85. The third kappa shape index (κ3) is 3.92. The normalized spacial score (nSPS) is 19.3. The molecule has 0 bridgehead atoms. The quantitative estimate of drug-likeness (QED) is 0.802. The SMILES string of the molecule is Cc1cc2ncn(CC(=O)N(CC(C)C)[C@@H]3CCS(=O)(=O)C3)c2cc1C. The van der Waals surface area contributed by atoms with Gasteiger partial charge in [-0.2, -0.15) is 0 Å². The minimum atomic E-state index is -3.03. The molecule has 26 heavy (non-hydrogen) atoms. The van der Waals surface area contributed by atoms with Crippen LogP contribution in [0.4, 0.5) is 0 Å². The zero-order valence-electron chi connectivity index (χ0n) is 15.9. The van der Waals surface area contributed by atoms with Gasteiger partial charge in [0.25, 0.3) is 0 Å². The summed E-state index contributed by atoms with van der Waals surface area (Å²) in [6.45, 7) is 8.93. The van der Waals surface area contributed by atoms with Gasteiger partial charge in [0.2, 0.25) is 5.91 Å². The molecule has 1 aromatic carbocycles. The lowest BCUT2D eigenvalue weighted by atomic mass is 10.1. The Morgan fingerprint density at radius 1 is 1.31 bits per heavy atom. The Hall–Kier alpha value is -1.89. The van der Waals surface area contributed by atoms with Crippen LogP contribution >= 0.6 is 0 Å². The molecule has 1 amide bonds. The second-order valence-electron chi connectivity index (χ2n) is 7.79. The van der Waals surface area contributed by atoms with Crippen molar-refractivity contribution in [2.75, 3.05) is 18.1 Å². The van der Waals surface area contributed by atoms with Crippen molar-refractivity contribution in [3.63, 3.8) is 0 Å². The molecule has 1 aromatic heterocycles. The van der Waals surface area contributed by atoms with Crippen LogP contribution in [0.3, 0.4) is 0 Å². The summed E-state index contributed by atoms with van der Waals surface area (Å²) < 4.78 is 25.6. The third-order valence-corrected chi connectivity index (χ3v) is 6.82. The largest absolute Gasteiger partial charge is 0.337 e. The first-order valence-electron chi connectivity index (χ1n) is 9.08. The van der Waals surface area contributed by atoms with E-state index < -0.39 is 9.84 Å². The van der Waals surface area contributed by atoms with Gasteiger partial charge in [-0.15, -0.1) is 0 Å². The van der Waals surface area contributed by atoms with E-state index in [0.29, 0.717) is 13.0 Å². The summed E-state index contributed by atoms with van der Waals surface area (Å²) in [7, 11) is -3.03. The van der Waals surface area contributed by atoms with Crippen LogP contribution in [0, 0.1) is 19.8 Å². The Morgan fingerprint density at radius 3 is 2.62 bits per heavy atom. The zero-order valence-corrected chi connectivity index (χ0v) is 16.7. The predicted octanol–water partition coefficient (Wildman–Crippen LogP) is 2.32. The molecule has 1 fully saturated rings. The van der Waals surface area contributed by atoms with Crippen molar-refractivity contribution in [2.45, 2.75) is 46.7 Å². The van der Waals surface area contributed by atoms with Crippen LogP contribution in [-0.2, 0) is 21.2 Å². The fourth-order valence-corrected chi connectivity index (χ4v) is 5.28. The molecule has 1 aliphatic rings. The number of carbonyl (C=O) groups is 1. The zero-order chi connectivity index (χ0) is 19.1. The Labute approximate surface area is 155 Å². The van der Waals surface area contributed by atoms with Gasteiger partial charge < -0.3 is 9.47 Å². The number of aryl methyl sites for hydroxylation is 2. The number of rotatable bonds is 5. The van der Waals surface area contributed by atoms with E-state index in [1.54, 1.807) is 11.2 Å². The van der Waals surface area contributed by atoms with Gasteiger partial charge in [-0.05, 0) is 49.4 Å². The number of benzene rings is 1. The monoisotopic (exact) mass is 377 g/mol. The highest BCUT2D eigenvalue weighted by Crippen LogP contribution is 2.22. The highest BCUT2D eigenvalue weighted by atomic mass is 32.2. The Bertz CT molecular complexity index is 931. The average Bonchev–Trinajstić information content (AvgIpc) is 3.09. The van der Waals surface area contributed by atoms with Gasteiger partial charge in [-0.1, -0.05) is 13.8 Å². The number of hydrogen-bond acceptors (Lipinski definition) is 4. The molecule has 0 N–H and O–H groups in total. The molecule has 0 spiro atoms. The first kappa shape index (κ1) is 18.9. The molecule has 1 aliphatic heterocycles. The standard InChI is InChI=1S/C19H27N3O3S/c1-13(2)9-22(16-5-6-26(24,25)11-16)19(23)10-21-12-20-17-7-14(3)15(4)8-18(17)21/h7-8,12-13,16H,5-6,9-11H2,1-4H3/t16-/m1/s1. The van der Waals surface area contributed by atoms with Crippen LogP contribution in [0.25, 0.3) is 11.0 Å². The minimum absolute atomic E-state index is 0.0432. The number of sulfone groups is 1. The van der Waals surface area contributed by atoms with E-state index in [0.717, 1.165) is 16.6 Å². The van der Waals surface area contributed by atoms with E-state index >= 15 is 0 Å². The first-order chi connectivity index (χ1) is 12.2. The van der Waals surface area contributed by atoms with Gasteiger partial charge >= 0.3 is 0 Å². The molecule has 0 radical (unpaired) electrons. The topological polar surface area (TPSA) is 72.3 Å². The van der Waals surface area contributed by atoms with Gasteiger partial charge in [0.1, 0.15) is 6.54 Å². The molecule has 2 heterocycles. The fraction of sp³-hybridized carbons (Fsp3) is 0.579. The van der Waals surface area contributed by atoms with E-state index in [2.05, 4.69) is 11.1 Å². The molecular formula is C19H27N3O3S. The van der Waals surface area contributed by atoms with Crippen LogP contribution in [-0.4, -0.2) is 52.9 Å². The van der Waals surface area contributed by atoms with Crippen molar-refractivity contribution in [1.82, 2.24) is 14.5 Å². The number of nitrogens with zero attached hydrogens (tertiary/aromatic N) is 3. The number of hydrogen-bond donors (Lipinski definition) is 0. The van der Waals surface area contributed by atoms with Crippen molar-refractivity contribution >= 4 is 26.8 Å². The molecule has 2 aromatic rings. The van der Waals surface area contributed by atoms with E-state index in [4.69, 9.17) is 0 Å². The molecule has 6 nitrogen and oxygen atoms in total. The lowest BCUT2D eigenvalue weighted by Crippen LogP contribution is -2.44. The van der Waals surface area contributed by atoms with Crippen LogP contribution < -0.4 is 0 Å². The fourth-order valence-electron chi connectivity index (χ4n) is 3.54. The van der Waals surface area contributed by atoms with Gasteiger partial charge in [-0.25, -0.2) is 13.4 Å². The summed E-state index contributed by atoms with van der Waals surface area (Å²) in [6.07, 6.45) is 2.23. The molecule has 3 rings (SSSR count). The highest BCUT2D eigenvalue weighted by molar-refractivity contribution is 7.91. The van der Waals surface area contributed by atoms with E-state index in [1.807, 2.05) is 38.3 Å². The number of fused-ring (bicyclic) bond motifs is 1. The molecule has 0 saturated carbocycles. The van der Waals surface area contributed by atoms with Crippen LogP contribution in [0.5, 0.6) is 0 Å². The maximum Gasteiger partial charge on any atom is 0.242 e. The minimum Gasteiger partial charge on any atom is -0.337 e. The summed E-state index contributed by atoms with van der Waals surface area (Å²) in [6, 6.07) is 3.87. The number of amides is 1. The van der Waals surface area contributed by atoms with Gasteiger partial charge in [-0.3, -0.25) is 4.79 Å². The van der Waals surface area contributed by atoms with E-state index in [-0.39, 0.29) is 35.9 Å². The van der Waals surface area contributed by atoms with Crippen molar-refractivity contribution in [3.8, 4) is 0 Å². The highest BCUT2D eigenvalue weighted by Gasteiger charge is 2.34. The molecule has 0 unspecified atom stereocenters. The maximum absolute atomic E-state index is 13.0. The molecule has 7 heteroatoms. The van der Waals surface area contributed by atoms with Crippen LogP contribution in [0.2, 0.25) is 0 Å².